The van der Waals surface area contributed by atoms with Crippen LogP contribution in [0, 0.1) is 5.92 Å². The predicted molar refractivity (Wildman–Crippen MR) is 83.9 cm³/mol. The number of rotatable bonds is 11. The highest BCUT2D eigenvalue weighted by atomic mass is 32.2. The second-order valence-electron chi connectivity index (χ2n) is 6.19. The largest absolute Gasteiger partial charge is 0.314 e. The Bertz CT molecular complexity index is 367. The lowest BCUT2D eigenvalue weighted by atomic mass is 10.1. The van der Waals surface area contributed by atoms with Gasteiger partial charge in [-0.3, -0.25) is 0 Å². The summed E-state index contributed by atoms with van der Waals surface area (Å²) in [5.41, 5.74) is 0. The van der Waals surface area contributed by atoms with Crippen LogP contribution < -0.4 is 10.0 Å². The molecular formula is C14H31N3O2S. The van der Waals surface area contributed by atoms with Crippen molar-refractivity contribution in [2.24, 2.45) is 5.92 Å². The number of hydrogen-bond acceptors (Lipinski definition) is 3. The molecular weight excluding hydrogens is 274 g/mol. The van der Waals surface area contributed by atoms with E-state index >= 15 is 0 Å². The molecule has 0 saturated heterocycles. The molecule has 0 aromatic heterocycles. The van der Waals surface area contributed by atoms with Crippen molar-refractivity contribution in [2.45, 2.75) is 65.0 Å². The first-order valence-corrected chi connectivity index (χ1v) is 9.26. The number of nitrogens with one attached hydrogen (secondary N) is 2. The zero-order valence-electron chi connectivity index (χ0n) is 13.4. The Morgan fingerprint density at radius 3 is 2.45 bits per heavy atom. The summed E-state index contributed by atoms with van der Waals surface area (Å²) in [5.74, 6) is 0.739. The van der Waals surface area contributed by atoms with E-state index in [-0.39, 0.29) is 6.04 Å². The highest BCUT2D eigenvalue weighted by molar-refractivity contribution is 7.87. The zero-order valence-corrected chi connectivity index (χ0v) is 14.2. The first-order valence-electron chi connectivity index (χ1n) is 7.82. The highest BCUT2D eigenvalue weighted by Gasteiger charge is 2.28. The van der Waals surface area contributed by atoms with Gasteiger partial charge in [0.05, 0.1) is 0 Å². The Kier molecular flexibility index (Phi) is 7.43. The minimum atomic E-state index is -3.33. The third kappa shape index (κ3) is 7.02. The summed E-state index contributed by atoms with van der Waals surface area (Å²) in [6.07, 6.45) is 5.19. The Labute approximate surface area is 124 Å². The van der Waals surface area contributed by atoms with Crippen LogP contribution >= 0.6 is 0 Å². The Morgan fingerprint density at radius 1 is 1.30 bits per heavy atom. The summed E-state index contributed by atoms with van der Waals surface area (Å²) in [4.78, 5) is 0. The minimum Gasteiger partial charge on any atom is -0.314 e. The van der Waals surface area contributed by atoms with E-state index in [1.165, 1.54) is 17.1 Å². The van der Waals surface area contributed by atoms with Gasteiger partial charge in [0.15, 0.2) is 0 Å². The lowest BCUT2D eigenvalue weighted by Gasteiger charge is -2.22. The fourth-order valence-electron chi connectivity index (χ4n) is 2.17. The molecule has 0 aromatic rings. The van der Waals surface area contributed by atoms with E-state index in [1.54, 1.807) is 7.05 Å². The van der Waals surface area contributed by atoms with Crippen LogP contribution in [0.25, 0.3) is 0 Å². The molecule has 0 amide bonds. The van der Waals surface area contributed by atoms with E-state index in [9.17, 15) is 8.42 Å². The molecule has 2 N–H and O–H groups in total. The van der Waals surface area contributed by atoms with Gasteiger partial charge in [0.25, 0.3) is 10.2 Å². The Balaban J connectivity index is 2.32. The van der Waals surface area contributed by atoms with Crippen LogP contribution in [0.15, 0.2) is 0 Å². The van der Waals surface area contributed by atoms with Crippen LogP contribution in [-0.2, 0) is 10.2 Å². The molecule has 1 fully saturated rings. The molecule has 1 rings (SSSR count). The van der Waals surface area contributed by atoms with Crippen molar-refractivity contribution in [1.82, 2.24) is 14.3 Å². The van der Waals surface area contributed by atoms with Gasteiger partial charge in [0.1, 0.15) is 0 Å². The maximum absolute atomic E-state index is 12.2. The predicted octanol–water partition coefficient (Wildman–Crippen LogP) is 1.72. The summed E-state index contributed by atoms with van der Waals surface area (Å²) in [5, 5.41) is 3.30. The van der Waals surface area contributed by atoms with Gasteiger partial charge in [-0.05, 0) is 31.7 Å². The van der Waals surface area contributed by atoms with Crippen LogP contribution in [0.3, 0.4) is 0 Å². The topological polar surface area (TPSA) is 61.4 Å². The molecule has 1 aliphatic rings. The SMILES string of the molecule is CCC(CC1CC1)NS(=O)(=O)N(C)CCCNC(C)C. The van der Waals surface area contributed by atoms with E-state index in [1.807, 2.05) is 6.92 Å². The average Bonchev–Trinajstić information content (AvgIpc) is 3.16. The molecule has 0 aromatic carbocycles. The Hall–Kier alpha value is -0.170. The van der Waals surface area contributed by atoms with Crippen molar-refractivity contribution >= 4 is 10.2 Å². The Morgan fingerprint density at radius 2 is 1.95 bits per heavy atom. The van der Waals surface area contributed by atoms with Crippen molar-refractivity contribution in [3.05, 3.63) is 0 Å². The van der Waals surface area contributed by atoms with Crippen molar-refractivity contribution in [2.75, 3.05) is 20.1 Å². The van der Waals surface area contributed by atoms with Gasteiger partial charge < -0.3 is 5.32 Å². The summed E-state index contributed by atoms with van der Waals surface area (Å²) >= 11 is 0. The molecule has 1 saturated carbocycles. The smallest absolute Gasteiger partial charge is 0.279 e. The molecule has 1 unspecified atom stereocenters. The van der Waals surface area contributed by atoms with Crippen molar-refractivity contribution < 1.29 is 8.42 Å². The molecule has 0 heterocycles. The van der Waals surface area contributed by atoms with Gasteiger partial charge in [-0.1, -0.05) is 33.6 Å². The lowest BCUT2D eigenvalue weighted by molar-refractivity contribution is 0.420. The fraction of sp³-hybridized carbons (Fsp3) is 1.00. The van der Waals surface area contributed by atoms with Crippen molar-refractivity contribution in [1.29, 1.82) is 0 Å². The summed E-state index contributed by atoms with van der Waals surface area (Å²) in [6, 6.07) is 0.529. The molecule has 0 spiro atoms. The van der Waals surface area contributed by atoms with Crippen LogP contribution in [-0.4, -0.2) is 44.9 Å². The first kappa shape index (κ1) is 17.9. The standard InChI is InChI=1S/C14H31N3O2S/c1-5-14(11-13-7-8-13)16-20(18,19)17(4)10-6-9-15-12(2)3/h12-16H,5-11H2,1-4H3. The average molecular weight is 305 g/mol. The summed E-state index contributed by atoms with van der Waals surface area (Å²) < 4.78 is 28.7. The van der Waals surface area contributed by atoms with E-state index in [0.29, 0.717) is 12.6 Å². The summed E-state index contributed by atoms with van der Waals surface area (Å²) in [7, 11) is -1.68. The van der Waals surface area contributed by atoms with Crippen molar-refractivity contribution in [3.8, 4) is 0 Å². The molecule has 6 heteroatoms. The van der Waals surface area contributed by atoms with Gasteiger partial charge in [0.2, 0.25) is 0 Å². The van der Waals surface area contributed by atoms with E-state index in [4.69, 9.17) is 0 Å². The van der Waals surface area contributed by atoms with Gasteiger partial charge in [0, 0.05) is 25.7 Å². The second-order valence-corrected chi connectivity index (χ2v) is 8.00. The van der Waals surface area contributed by atoms with Crippen LogP contribution in [0.4, 0.5) is 0 Å². The molecule has 0 radical (unpaired) electrons. The van der Waals surface area contributed by atoms with E-state index in [0.717, 1.165) is 31.7 Å². The van der Waals surface area contributed by atoms with Gasteiger partial charge in [-0.25, -0.2) is 0 Å². The van der Waals surface area contributed by atoms with Gasteiger partial charge in [-0.15, -0.1) is 0 Å². The molecule has 1 atom stereocenters. The normalized spacial score (nSPS) is 17.9. The summed E-state index contributed by atoms with van der Waals surface area (Å²) in [6.45, 7) is 7.62. The van der Waals surface area contributed by atoms with Crippen LogP contribution in [0.2, 0.25) is 0 Å². The third-order valence-electron chi connectivity index (χ3n) is 3.74. The maximum Gasteiger partial charge on any atom is 0.279 e. The molecule has 0 bridgehead atoms. The number of nitrogens with zero attached hydrogens (tertiary/aromatic N) is 1. The van der Waals surface area contributed by atoms with Crippen LogP contribution in [0.5, 0.6) is 0 Å². The van der Waals surface area contributed by atoms with E-state index in [2.05, 4.69) is 23.9 Å². The monoisotopic (exact) mass is 305 g/mol. The van der Waals surface area contributed by atoms with Crippen molar-refractivity contribution in [3.63, 3.8) is 0 Å². The number of hydrogen-bond donors (Lipinski definition) is 2. The molecule has 20 heavy (non-hydrogen) atoms. The van der Waals surface area contributed by atoms with Gasteiger partial charge in [-0.2, -0.15) is 17.4 Å². The lowest BCUT2D eigenvalue weighted by Crippen LogP contribution is -2.44. The molecule has 1 aliphatic carbocycles. The minimum absolute atomic E-state index is 0.0868. The molecule has 120 valence electrons. The molecule has 0 aliphatic heterocycles. The third-order valence-corrected chi connectivity index (χ3v) is 5.37. The maximum atomic E-state index is 12.2. The second kappa shape index (κ2) is 8.32. The zero-order chi connectivity index (χ0) is 15.2. The van der Waals surface area contributed by atoms with Gasteiger partial charge >= 0.3 is 0 Å². The first-order chi connectivity index (χ1) is 9.35. The van der Waals surface area contributed by atoms with Crippen LogP contribution in [0.1, 0.15) is 52.9 Å². The highest BCUT2D eigenvalue weighted by Crippen LogP contribution is 2.34. The molecule has 5 nitrogen and oxygen atoms in total. The fourth-order valence-corrected chi connectivity index (χ4v) is 3.40. The quantitative estimate of drug-likeness (QED) is 0.571. The van der Waals surface area contributed by atoms with E-state index < -0.39 is 10.2 Å².